The molecule has 120 valence electrons. The van der Waals surface area contributed by atoms with Gasteiger partial charge in [0, 0.05) is 19.2 Å². The summed E-state index contributed by atoms with van der Waals surface area (Å²) in [5.74, 6) is -2.29. The second-order valence-corrected chi connectivity index (χ2v) is 4.58. The molecule has 0 bridgehead atoms. The molecule has 0 spiro atoms. The van der Waals surface area contributed by atoms with Crippen molar-refractivity contribution in [1.82, 2.24) is 5.32 Å². The Morgan fingerprint density at radius 2 is 1.87 bits per heavy atom. The number of halogens is 2. The van der Waals surface area contributed by atoms with Crippen LogP contribution in [0.3, 0.4) is 0 Å². The first kappa shape index (κ1) is 16.3. The lowest BCUT2D eigenvalue weighted by atomic mass is 10.2. The third-order valence-electron chi connectivity index (χ3n) is 3.00. The maximum Gasteiger partial charge on any atom is 0.292 e. The van der Waals surface area contributed by atoms with Crippen molar-refractivity contribution in [2.45, 2.75) is 0 Å². The van der Waals surface area contributed by atoms with Crippen LogP contribution in [0.15, 0.2) is 42.5 Å². The summed E-state index contributed by atoms with van der Waals surface area (Å²) in [6.07, 6.45) is 0. The number of nitro groups is 1. The van der Waals surface area contributed by atoms with Gasteiger partial charge in [-0.25, -0.2) is 8.78 Å². The summed E-state index contributed by atoms with van der Waals surface area (Å²) in [5.41, 5.74) is -0.172. The third kappa shape index (κ3) is 4.22. The zero-order valence-corrected chi connectivity index (χ0v) is 11.9. The van der Waals surface area contributed by atoms with E-state index in [9.17, 15) is 23.7 Å². The van der Waals surface area contributed by atoms with Crippen molar-refractivity contribution in [1.29, 1.82) is 0 Å². The smallest absolute Gasteiger partial charge is 0.292 e. The molecule has 23 heavy (non-hydrogen) atoms. The number of nitrogens with zero attached hydrogens (tertiary/aromatic N) is 1. The molecule has 0 saturated carbocycles. The van der Waals surface area contributed by atoms with Crippen LogP contribution in [0.1, 0.15) is 10.4 Å². The number of carbonyl (C=O) groups excluding carboxylic acids is 1. The highest BCUT2D eigenvalue weighted by Crippen LogP contribution is 2.22. The van der Waals surface area contributed by atoms with Crippen LogP contribution in [0.4, 0.5) is 20.2 Å². The van der Waals surface area contributed by atoms with Crippen LogP contribution in [0.5, 0.6) is 0 Å². The van der Waals surface area contributed by atoms with Gasteiger partial charge in [0.25, 0.3) is 11.6 Å². The highest BCUT2D eigenvalue weighted by Gasteiger charge is 2.13. The van der Waals surface area contributed by atoms with Gasteiger partial charge in [-0.15, -0.1) is 0 Å². The average Bonchev–Trinajstić information content (AvgIpc) is 2.53. The Morgan fingerprint density at radius 1 is 1.13 bits per heavy atom. The summed E-state index contributed by atoms with van der Waals surface area (Å²) in [4.78, 5) is 22.1. The molecule has 0 aliphatic heterocycles. The fourth-order valence-electron chi connectivity index (χ4n) is 1.92. The van der Waals surface area contributed by atoms with Gasteiger partial charge in [0.1, 0.15) is 17.3 Å². The molecule has 0 heterocycles. The summed E-state index contributed by atoms with van der Waals surface area (Å²) in [6.45, 7) is 0.272. The number of nitro benzene ring substituents is 1. The van der Waals surface area contributed by atoms with E-state index in [-0.39, 0.29) is 18.8 Å². The zero-order chi connectivity index (χ0) is 16.8. The van der Waals surface area contributed by atoms with E-state index < -0.39 is 28.0 Å². The number of hydrogen-bond acceptors (Lipinski definition) is 4. The van der Waals surface area contributed by atoms with E-state index in [2.05, 4.69) is 10.6 Å². The molecule has 0 aliphatic rings. The van der Waals surface area contributed by atoms with Gasteiger partial charge in [0.2, 0.25) is 0 Å². The molecule has 2 N–H and O–H groups in total. The van der Waals surface area contributed by atoms with E-state index >= 15 is 0 Å². The number of rotatable bonds is 6. The van der Waals surface area contributed by atoms with Crippen molar-refractivity contribution in [3.05, 3.63) is 69.8 Å². The number of carbonyl (C=O) groups is 1. The number of amides is 1. The van der Waals surface area contributed by atoms with E-state index in [1.165, 1.54) is 18.2 Å². The minimum Gasteiger partial charge on any atom is -0.378 e. The van der Waals surface area contributed by atoms with Crippen molar-refractivity contribution >= 4 is 17.3 Å². The lowest BCUT2D eigenvalue weighted by Gasteiger charge is -2.09. The molecule has 2 rings (SSSR count). The number of nitrogens with one attached hydrogen (secondary N) is 2. The third-order valence-corrected chi connectivity index (χ3v) is 3.00. The maximum absolute atomic E-state index is 13.4. The fraction of sp³-hybridized carbons (Fsp3) is 0.133. The van der Waals surface area contributed by atoms with Gasteiger partial charge < -0.3 is 10.6 Å². The van der Waals surface area contributed by atoms with E-state index in [4.69, 9.17) is 0 Å². The number of para-hydroxylation sites is 2. The molecule has 0 atom stereocenters. The first-order chi connectivity index (χ1) is 11.0. The Labute approximate surface area is 130 Å². The Morgan fingerprint density at radius 3 is 2.61 bits per heavy atom. The van der Waals surface area contributed by atoms with Gasteiger partial charge in [-0.2, -0.15) is 0 Å². The van der Waals surface area contributed by atoms with Crippen LogP contribution in [0, 0.1) is 21.7 Å². The molecule has 6 nitrogen and oxygen atoms in total. The fourth-order valence-corrected chi connectivity index (χ4v) is 1.92. The summed E-state index contributed by atoms with van der Waals surface area (Å²) in [6, 6.07) is 8.65. The molecule has 1 amide bonds. The van der Waals surface area contributed by atoms with Gasteiger partial charge in [0.15, 0.2) is 0 Å². The molecular formula is C15H13F2N3O3. The van der Waals surface area contributed by atoms with Crippen molar-refractivity contribution < 1.29 is 18.5 Å². The van der Waals surface area contributed by atoms with Gasteiger partial charge in [-0.1, -0.05) is 12.1 Å². The molecule has 0 saturated heterocycles. The molecule has 0 unspecified atom stereocenters. The summed E-state index contributed by atoms with van der Waals surface area (Å²) < 4.78 is 26.4. The Bertz CT molecular complexity index is 738. The minimum atomic E-state index is -0.824. The van der Waals surface area contributed by atoms with Gasteiger partial charge >= 0.3 is 0 Å². The molecule has 2 aromatic rings. The topological polar surface area (TPSA) is 84.3 Å². The standard InChI is InChI=1S/C15H13F2N3O3/c16-10-5-6-12(17)11(9-10)15(21)19-8-7-18-13-3-1-2-4-14(13)20(22)23/h1-6,9,18H,7-8H2,(H,19,21). The largest absolute Gasteiger partial charge is 0.378 e. The number of anilines is 1. The predicted octanol–water partition coefficient (Wildman–Crippen LogP) is 2.71. The molecule has 0 radical (unpaired) electrons. The van der Waals surface area contributed by atoms with Crippen molar-refractivity contribution in [2.24, 2.45) is 0 Å². The normalized spacial score (nSPS) is 10.2. The lowest BCUT2D eigenvalue weighted by molar-refractivity contribution is -0.384. The number of benzene rings is 2. The molecule has 0 aromatic heterocycles. The first-order valence-corrected chi connectivity index (χ1v) is 6.69. The van der Waals surface area contributed by atoms with Crippen LogP contribution in [0.2, 0.25) is 0 Å². The zero-order valence-electron chi connectivity index (χ0n) is 11.9. The second-order valence-electron chi connectivity index (χ2n) is 4.58. The van der Waals surface area contributed by atoms with Gasteiger partial charge in [-0.05, 0) is 24.3 Å². The highest BCUT2D eigenvalue weighted by atomic mass is 19.1. The van der Waals surface area contributed by atoms with Gasteiger partial charge in [-0.3, -0.25) is 14.9 Å². The van der Waals surface area contributed by atoms with E-state index in [0.717, 1.165) is 18.2 Å². The maximum atomic E-state index is 13.4. The van der Waals surface area contributed by atoms with E-state index in [1.54, 1.807) is 6.07 Å². The van der Waals surface area contributed by atoms with E-state index in [0.29, 0.717) is 5.69 Å². The van der Waals surface area contributed by atoms with Crippen LogP contribution in [-0.2, 0) is 0 Å². The summed E-state index contributed by atoms with van der Waals surface area (Å²) in [7, 11) is 0. The molecule has 0 aliphatic carbocycles. The second kappa shape index (κ2) is 7.30. The lowest BCUT2D eigenvalue weighted by Crippen LogP contribution is -2.29. The molecular weight excluding hydrogens is 308 g/mol. The summed E-state index contributed by atoms with van der Waals surface area (Å²) in [5, 5.41) is 16.0. The van der Waals surface area contributed by atoms with Gasteiger partial charge in [0.05, 0.1) is 10.5 Å². The minimum absolute atomic E-state index is 0.0842. The Hall–Kier alpha value is -3.03. The molecule has 2 aromatic carbocycles. The average molecular weight is 321 g/mol. The highest BCUT2D eigenvalue weighted by molar-refractivity contribution is 5.94. The van der Waals surface area contributed by atoms with Crippen LogP contribution >= 0.6 is 0 Å². The summed E-state index contributed by atoms with van der Waals surface area (Å²) >= 11 is 0. The quantitative estimate of drug-likeness (QED) is 0.487. The van der Waals surface area contributed by atoms with Crippen LogP contribution in [0.25, 0.3) is 0 Å². The molecule has 8 heteroatoms. The van der Waals surface area contributed by atoms with Crippen LogP contribution in [-0.4, -0.2) is 23.9 Å². The Balaban J connectivity index is 1.90. The SMILES string of the molecule is O=C(NCCNc1ccccc1[N+](=O)[O-])c1cc(F)ccc1F. The van der Waals surface area contributed by atoms with Crippen LogP contribution < -0.4 is 10.6 Å². The van der Waals surface area contributed by atoms with Crippen molar-refractivity contribution in [2.75, 3.05) is 18.4 Å². The van der Waals surface area contributed by atoms with Crippen molar-refractivity contribution in [3.8, 4) is 0 Å². The molecule has 0 fully saturated rings. The van der Waals surface area contributed by atoms with E-state index in [1.807, 2.05) is 0 Å². The number of hydrogen-bond donors (Lipinski definition) is 2. The predicted molar refractivity (Wildman–Crippen MR) is 80.3 cm³/mol. The monoisotopic (exact) mass is 321 g/mol. The first-order valence-electron chi connectivity index (χ1n) is 6.69. The Kier molecular flexibility index (Phi) is 5.19. The van der Waals surface area contributed by atoms with Crippen molar-refractivity contribution in [3.63, 3.8) is 0 Å².